The molecule has 21 heavy (non-hydrogen) atoms. The first-order valence-corrected chi connectivity index (χ1v) is 7.39. The number of rotatable bonds is 2. The van der Waals surface area contributed by atoms with Gasteiger partial charge in [-0.2, -0.15) is 0 Å². The van der Waals surface area contributed by atoms with Crippen molar-refractivity contribution in [1.82, 2.24) is 0 Å². The largest absolute Gasteiger partial charge is 0.399 e. The summed E-state index contributed by atoms with van der Waals surface area (Å²) in [7, 11) is 0. The van der Waals surface area contributed by atoms with E-state index in [4.69, 9.17) is 63.7 Å². The molecule has 0 aromatic heterocycles. The highest BCUT2D eigenvalue weighted by Gasteiger charge is 2.17. The van der Waals surface area contributed by atoms with Crippen molar-refractivity contribution in [3.8, 4) is 0 Å². The van der Waals surface area contributed by atoms with Crippen molar-refractivity contribution in [2.75, 3.05) is 11.1 Å². The minimum atomic E-state index is -0.541. The average molecular weight is 384 g/mol. The van der Waals surface area contributed by atoms with E-state index in [1.165, 1.54) is 24.3 Å². The molecule has 2 rings (SSSR count). The topological polar surface area (TPSA) is 55.1 Å². The maximum atomic E-state index is 12.3. The molecule has 0 aliphatic carbocycles. The molecule has 0 atom stereocenters. The van der Waals surface area contributed by atoms with Crippen LogP contribution in [-0.4, -0.2) is 5.91 Å². The Morgan fingerprint density at radius 1 is 0.905 bits per heavy atom. The average Bonchev–Trinajstić information content (AvgIpc) is 2.37. The van der Waals surface area contributed by atoms with Crippen LogP contribution in [0.3, 0.4) is 0 Å². The molecule has 0 saturated heterocycles. The summed E-state index contributed by atoms with van der Waals surface area (Å²) in [5, 5.41) is 3.58. The number of benzene rings is 2. The minimum absolute atomic E-state index is 0.0876. The van der Waals surface area contributed by atoms with Crippen LogP contribution in [0, 0.1) is 0 Å². The molecule has 8 heteroatoms. The van der Waals surface area contributed by atoms with Crippen molar-refractivity contribution in [3.63, 3.8) is 0 Å². The standard InChI is InChI=1S/C13H7Cl5N2O/c14-5-1-9(16)12(10(17)2-5)20-13(21)7-3-6(19)4-8(15)11(7)18/h1-4H,19H2,(H,20,21). The zero-order valence-electron chi connectivity index (χ0n) is 10.2. The molecule has 0 aliphatic heterocycles. The van der Waals surface area contributed by atoms with Gasteiger partial charge in [0.05, 0.1) is 31.3 Å². The van der Waals surface area contributed by atoms with Gasteiger partial charge in [0.15, 0.2) is 0 Å². The van der Waals surface area contributed by atoms with Gasteiger partial charge in [-0.3, -0.25) is 4.79 Å². The third kappa shape index (κ3) is 3.68. The molecule has 2 aromatic carbocycles. The van der Waals surface area contributed by atoms with E-state index in [-0.39, 0.29) is 31.3 Å². The predicted molar refractivity (Wildman–Crippen MR) is 90.3 cm³/mol. The number of hydrogen-bond acceptors (Lipinski definition) is 2. The molecular weight excluding hydrogens is 377 g/mol. The third-order valence-electron chi connectivity index (χ3n) is 2.54. The molecule has 1 amide bonds. The number of amides is 1. The van der Waals surface area contributed by atoms with E-state index < -0.39 is 5.91 Å². The highest BCUT2D eigenvalue weighted by molar-refractivity contribution is 6.45. The van der Waals surface area contributed by atoms with Crippen molar-refractivity contribution in [1.29, 1.82) is 0 Å². The number of carbonyl (C=O) groups excluding carboxylic acids is 1. The first-order chi connectivity index (χ1) is 9.79. The number of halogens is 5. The monoisotopic (exact) mass is 382 g/mol. The van der Waals surface area contributed by atoms with Gasteiger partial charge in [0, 0.05) is 10.7 Å². The molecule has 110 valence electrons. The van der Waals surface area contributed by atoms with E-state index >= 15 is 0 Å². The molecule has 3 N–H and O–H groups in total. The lowest BCUT2D eigenvalue weighted by Crippen LogP contribution is -2.14. The number of nitrogens with two attached hydrogens (primary N) is 1. The number of anilines is 2. The summed E-state index contributed by atoms with van der Waals surface area (Å²) in [6.45, 7) is 0. The molecule has 0 aliphatic rings. The fraction of sp³-hybridized carbons (Fsp3) is 0. The van der Waals surface area contributed by atoms with Crippen LogP contribution in [0.5, 0.6) is 0 Å². The summed E-state index contributed by atoms with van der Waals surface area (Å²) in [6.07, 6.45) is 0. The van der Waals surface area contributed by atoms with Crippen LogP contribution in [-0.2, 0) is 0 Å². The van der Waals surface area contributed by atoms with E-state index in [1.807, 2.05) is 0 Å². The van der Waals surface area contributed by atoms with Crippen molar-refractivity contribution in [2.24, 2.45) is 0 Å². The summed E-state index contributed by atoms with van der Waals surface area (Å²) in [6, 6.07) is 5.77. The van der Waals surface area contributed by atoms with Gasteiger partial charge >= 0.3 is 0 Å². The second-order valence-corrected chi connectivity index (χ2v) is 6.10. The first-order valence-electron chi connectivity index (χ1n) is 5.50. The lowest BCUT2D eigenvalue weighted by Gasteiger charge is -2.12. The van der Waals surface area contributed by atoms with Gasteiger partial charge < -0.3 is 11.1 Å². The first kappa shape index (κ1) is 16.5. The van der Waals surface area contributed by atoms with E-state index in [1.54, 1.807) is 0 Å². The van der Waals surface area contributed by atoms with Gasteiger partial charge in [-0.05, 0) is 24.3 Å². The Hall–Kier alpha value is -0.840. The van der Waals surface area contributed by atoms with E-state index in [0.717, 1.165) is 0 Å². The maximum Gasteiger partial charge on any atom is 0.257 e. The Kier molecular flexibility index (Phi) is 5.12. The molecule has 0 radical (unpaired) electrons. The lowest BCUT2D eigenvalue weighted by molar-refractivity contribution is 0.102. The highest BCUT2D eigenvalue weighted by atomic mass is 35.5. The Bertz CT molecular complexity index is 710. The third-order valence-corrected chi connectivity index (χ3v) is 4.16. The Labute approximate surface area is 145 Å². The van der Waals surface area contributed by atoms with E-state index in [0.29, 0.717) is 10.7 Å². The minimum Gasteiger partial charge on any atom is -0.399 e. The zero-order valence-corrected chi connectivity index (χ0v) is 14.0. The van der Waals surface area contributed by atoms with Crippen molar-refractivity contribution >= 4 is 75.3 Å². The van der Waals surface area contributed by atoms with Crippen molar-refractivity contribution in [2.45, 2.75) is 0 Å². The summed E-state index contributed by atoms with van der Waals surface area (Å²) >= 11 is 29.7. The SMILES string of the molecule is Nc1cc(Cl)c(Cl)c(C(=O)Nc2c(Cl)cc(Cl)cc2Cl)c1. The summed E-state index contributed by atoms with van der Waals surface area (Å²) < 4.78 is 0. The van der Waals surface area contributed by atoms with Crippen molar-refractivity contribution < 1.29 is 4.79 Å². The van der Waals surface area contributed by atoms with Gasteiger partial charge in [-0.15, -0.1) is 0 Å². The maximum absolute atomic E-state index is 12.3. The van der Waals surface area contributed by atoms with Crippen LogP contribution >= 0.6 is 58.0 Å². The Morgan fingerprint density at radius 3 is 2.05 bits per heavy atom. The molecule has 0 bridgehead atoms. The van der Waals surface area contributed by atoms with Gasteiger partial charge in [0.1, 0.15) is 0 Å². The number of hydrogen-bond donors (Lipinski definition) is 2. The fourth-order valence-electron chi connectivity index (χ4n) is 1.62. The molecular formula is C13H7Cl5N2O. The Morgan fingerprint density at radius 2 is 1.48 bits per heavy atom. The van der Waals surface area contributed by atoms with E-state index in [2.05, 4.69) is 5.32 Å². The zero-order chi connectivity index (χ0) is 15.7. The molecule has 0 heterocycles. The van der Waals surface area contributed by atoms with Crippen LogP contribution in [0.25, 0.3) is 0 Å². The normalized spacial score (nSPS) is 10.5. The van der Waals surface area contributed by atoms with Gasteiger partial charge in [0.2, 0.25) is 0 Å². The molecule has 3 nitrogen and oxygen atoms in total. The van der Waals surface area contributed by atoms with Crippen LogP contribution in [0.1, 0.15) is 10.4 Å². The highest BCUT2D eigenvalue weighted by Crippen LogP contribution is 2.35. The lowest BCUT2D eigenvalue weighted by atomic mass is 10.2. The molecule has 0 fully saturated rings. The second kappa shape index (κ2) is 6.51. The molecule has 0 saturated carbocycles. The van der Waals surface area contributed by atoms with Gasteiger partial charge in [-0.1, -0.05) is 58.0 Å². The predicted octanol–water partition coefficient (Wildman–Crippen LogP) is 5.79. The quantitative estimate of drug-likeness (QED) is 0.644. The summed E-state index contributed by atoms with van der Waals surface area (Å²) in [4.78, 5) is 12.3. The summed E-state index contributed by atoms with van der Waals surface area (Å²) in [5.74, 6) is -0.541. The fourth-order valence-corrected chi connectivity index (χ4v) is 2.95. The van der Waals surface area contributed by atoms with Gasteiger partial charge in [-0.25, -0.2) is 0 Å². The van der Waals surface area contributed by atoms with Crippen LogP contribution in [0.4, 0.5) is 11.4 Å². The number of carbonyl (C=O) groups is 1. The van der Waals surface area contributed by atoms with E-state index in [9.17, 15) is 4.79 Å². The van der Waals surface area contributed by atoms with Crippen LogP contribution in [0.15, 0.2) is 24.3 Å². The van der Waals surface area contributed by atoms with Crippen molar-refractivity contribution in [3.05, 3.63) is 54.9 Å². The second-order valence-electron chi connectivity index (χ2n) is 4.06. The number of nitrogens with one attached hydrogen (secondary N) is 1. The van der Waals surface area contributed by atoms with Gasteiger partial charge in [0.25, 0.3) is 5.91 Å². The molecule has 0 spiro atoms. The van der Waals surface area contributed by atoms with Crippen LogP contribution in [0.2, 0.25) is 25.1 Å². The summed E-state index contributed by atoms with van der Waals surface area (Å²) in [5.41, 5.74) is 6.29. The molecule has 0 unspecified atom stereocenters. The number of nitrogen functional groups attached to an aromatic ring is 1. The smallest absolute Gasteiger partial charge is 0.257 e. The van der Waals surface area contributed by atoms with Crippen LogP contribution < -0.4 is 11.1 Å². The Balaban J connectivity index is 2.40. The molecule has 2 aromatic rings.